The van der Waals surface area contributed by atoms with Crippen LogP contribution in [0.3, 0.4) is 0 Å². The van der Waals surface area contributed by atoms with Crippen molar-refractivity contribution >= 4 is 5.91 Å². The summed E-state index contributed by atoms with van der Waals surface area (Å²) in [6.07, 6.45) is 4.04. The normalized spacial score (nSPS) is 17.3. The van der Waals surface area contributed by atoms with Crippen LogP contribution >= 0.6 is 0 Å². The number of hydrogen-bond donors (Lipinski definition) is 0. The lowest BCUT2D eigenvalue weighted by atomic mass is 9.97. The van der Waals surface area contributed by atoms with Crippen LogP contribution < -0.4 is 4.74 Å². The number of carbonyl (C=O) groups excluding carboxylic acids is 1. The molecule has 8 heteroatoms. The maximum absolute atomic E-state index is 12.9. The number of carbonyl (C=O) groups is 1. The number of amides is 1. The van der Waals surface area contributed by atoms with Crippen LogP contribution in [0, 0.1) is 0 Å². The number of pyridine rings is 1. The Bertz CT molecular complexity index is 733. The molecule has 0 saturated carbocycles. The third-order valence-corrected chi connectivity index (χ3v) is 4.35. The predicted octanol–water partition coefficient (Wildman–Crippen LogP) is 2.07. The third-order valence-electron chi connectivity index (χ3n) is 4.35. The van der Waals surface area contributed by atoms with Crippen LogP contribution in [0.15, 0.2) is 22.9 Å². The molecule has 140 valence electrons. The second-order valence-electron chi connectivity index (χ2n) is 6.17. The topological polar surface area (TPSA) is 90.6 Å². The summed E-state index contributed by atoms with van der Waals surface area (Å²) in [4.78, 5) is 23.4. The Morgan fingerprint density at radius 1 is 1.46 bits per heavy atom. The van der Waals surface area contributed by atoms with Crippen molar-refractivity contribution in [3.05, 3.63) is 35.6 Å². The van der Waals surface area contributed by atoms with E-state index in [0.29, 0.717) is 55.9 Å². The first-order chi connectivity index (χ1) is 12.7. The second kappa shape index (κ2) is 8.75. The Balaban J connectivity index is 1.70. The van der Waals surface area contributed by atoms with Crippen molar-refractivity contribution in [3.63, 3.8) is 0 Å². The molecule has 1 atom stereocenters. The molecule has 1 fully saturated rings. The van der Waals surface area contributed by atoms with E-state index in [1.165, 1.54) is 0 Å². The van der Waals surface area contributed by atoms with Gasteiger partial charge in [0.25, 0.3) is 5.91 Å². The summed E-state index contributed by atoms with van der Waals surface area (Å²) in [7, 11) is 1.64. The van der Waals surface area contributed by atoms with Gasteiger partial charge in [-0.1, -0.05) is 5.16 Å². The number of rotatable bonds is 7. The molecule has 2 aromatic heterocycles. The van der Waals surface area contributed by atoms with E-state index >= 15 is 0 Å². The van der Waals surface area contributed by atoms with Crippen LogP contribution in [0.2, 0.25) is 0 Å². The number of ether oxygens (including phenoxy) is 2. The van der Waals surface area contributed by atoms with E-state index in [9.17, 15) is 4.79 Å². The van der Waals surface area contributed by atoms with E-state index in [1.54, 1.807) is 25.4 Å². The van der Waals surface area contributed by atoms with Crippen LogP contribution in [-0.4, -0.2) is 59.3 Å². The average Bonchev–Trinajstić information content (AvgIpc) is 3.16. The van der Waals surface area contributed by atoms with Gasteiger partial charge in [0.15, 0.2) is 5.82 Å². The fourth-order valence-electron chi connectivity index (χ4n) is 3.07. The van der Waals surface area contributed by atoms with Crippen molar-refractivity contribution in [1.82, 2.24) is 20.0 Å². The quantitative estimate of drug-likeness (QED) is 0.746. The minimum atomic E-state index is -0.0784. The minimum absolute atomic E-state index is 0.0451. The molecule has 0 aliphatic carbocycles. The number of aromatic nitrogens is 3. The zero-order valence-corrected chi connectivity index (χ0v) is 15.2. The fourth-order valence-corrected chi connectivity index (χ4v) is 3.07. The molecule has 8 nitrogen and oxygen atoms in total. The zero-order valence-electron chi connectivity index (χ0n) is 15.2. The summed E-state index contributed by atoms with van der Waals surface area (Å²) in [6, 6.07) is 3.50. The fraction of sp³-hybridized carbons (Fsp3) is 0.556. The van der Waals surface area contributed by atoms with Crippen molar-refractivity contribution in [2.75, 3.05) is 33.4 Å². The summed E-state index contributed by atoms with van der Waals surface area (Å²) < 4.78 is 15.9. The lowest BCUT2D eigenvalue weighted by Crippen LogP contribution is -2.39. The molecule has 3 heterocycles. The highest BCUT2D eigenvalue weighted by Gasteiger charge is 2.30. The molecule has 0 spiro atoms. The molecule has 3 rings (SSSR count). The Morgan fingerprint density at radius 3 is 3.15 bits per heavy atom. The molecule has 1 amide bonds. The summed E-state index contributed by atoms with van der Waals surface area (Å²) in [5, 5.41) is 4.00. The number of nitrogens with zero attached hydrogens (tertiary/aromatic N) is 4. The van der Waals surface area contributed by atoms with Crippen molar-refractivity contribution in [2.45, 2.75) is 32.1 Å². The zero-order chi connectivity index (χ0) is 18.4. The largest absolute Gasteiger partial charge is 0.477 e. The van der Waals surface area contributed by atoms with Gasteiger partial charge in [-0.05, 0) is 31.9 Å². The van der Waals surface area contributed by atoms with Gasteiger partial charge in [-0.2, -0.15) is 4.98 Å². The standard InChI is InChI=1S/C18H24N4O4/c1-3-25-17-14(7-4-9-19-17)18(23)22-10-5-6-13(12-22)16-20-15(21-26-16)8-11-24-2/h4,7,9,13H,3,5-6,8,10-12H2,1-2H3/t13-/m0/s1. The molecule has 0 unspecified atom stereocenters. The van der Waals surface area contributed by atoms with Crippen molar-refractivity contribution in [1.29, 1.82) is 0 Å². The highest BCUT2D eigenvalue weighted by molar-refractivity contribution is 5.96. The van der Waals surface area contributed by atoms with E-state index in [1.807, 2.05) is 11.8 Å². The van der Waals surface area contributed by atoms with E-state index in [4.69, 9.17) is 14.0 Å². The van der Waals surface area contributed by atoms with Crippen LogP contribution in [0.4, 0.5) is 0 Å². The third kappa shape index (κ3) is 4.19. The molecule has 0 N–H and O–H groups in total. The summed E-state index contributed by atoms with van der Waals surface area (Å²) in [5.74, 6) is 1.57. The van der Waals surface area contributed by atoms with Gasteiger partial charge in [0.1, 0.15) is 5.56 Å². The molecular weight excluding hydrogens is 336 g/mol. The first-order valence-corrected chi connectivity index (χ1v) is 8.91. The number of hydrogen-bond acceptors (Lipinski definition) is 7. The Kier molecular flexibility index (Phi) is 6.17. The molecule has 1 saturated heterocycles. The lowest BCUT2D eigenvalue weighted by Gasteiger charge is -2.31. The smallest absolute Gasteiger partial charge is 0.259 e. The van der Waals surface area contributed by atoms with Gasteiger partial charge < -0.3 is 18.9 Å². The number of piperidine rings is 1. The molecule has 1 aliphatic rings. The molecule has 0 aromatic carbocycles. The van der Waals surface area contributed by atoms with Crippen molar-refractivity contribution < 1.29 is 18.8 Å². The molecule has 1 aliphatic heterocycles. The van der Waals surface area contributed by atoms with Crippen molar-refractivity contribution in [3.8, 4) is 5.88 Å². The van der Waals surface area contributed by atoms with Gasteiger partial charge in [-0.25, -0.2) is 4.98 Å². The Morgan fingerprint density at radius 2 is 2.35 bits per heavy atom. The van der Waals surface area contributed by atoms with Gasteiger partial charge in [-0.3, -0.25) is 4.79 Å². The van der Waals surface area contributed by atoms with Gasteiger partial charge in [-0.15, -0.1) is 0 Å². The van der Waals surface area contributed by atoms with Crippen LogP contribution in [-0.2, 0) is 11.2 Å². The highest BCUT2D eigenvalue weighted by atomic mass is 16.5. The summed E-state index contributed by atoms with van der Waals surface area (Å²) >= 11 is 0. The van der Waals surface area contributed by atoms with Gasteiger partial charge in [0, 0.05) is 32.8 Å². The SMILES string of the molecule is CCOc1ncccc1C(=O)N1CCC[C@H](c2nc(CCOC)no2)C1. The van der Waals surface area contributed by atoms with Gasteiger partial charge >= 0.3 is 0 Å². The number of likely N-dealkylation sites (tertiary alicyclic amines) is 1. The van der Waals surface area contributed by atoms with E-state index in [0.717, 1.165) is 12.8 Å². The maximum Gasteiger partial charge on any atom is 0.259 e. The van der Waals surface area contributed by atoms with Gasteiger partial charge in [0.2, 0.25) is 11.8 Å². The molecule has 0 radical (unpaired) electrons. The maximum atomic E-state index is 12.9. The summed E-state index contributed by atoms with van der Waals surface area (Å²) in [5.41, 5.74) is 0.487. The highest BCUT2D eigenvalue weighted by Crippen LogP contribution is 2.28. The molecular formula is C18H24N4O4. The van der Waals surface area contributed by atoms with Crippen LogP contribution in [0.25, 0.3) is 0 Å². The number of methoxy groups -OCH3 is 1. The monoisotopic (exact) mass is 360 g/mol. The minimum Gasteiger partial charge on any atom is -0.477 e. The van der Waals surface area contributed by atoms with E-state index < -0.39 is 0 Å². The van der Waals surface area contributed by atoms with Crippen molar-refractivity contribution in [2.24, 2.45) is 0 Å². The second-order valence-corrected chi connectivity index (χ2v) is 6.17. The predicted molar refractivity (Wildman–Crippen MR) is 93.2 cm³/mol. The average molecular weight is 360 g/mol. The van der Waals surface area contributed by atoms with Crippen LogP contribution in [0.5, 0.6) is 5.88 Å². The first kappa shape index (κ1) is 18.3. The molecule has 2 aromatic rings. The van der Waals surface area contributed by atoms with E-state index in [2.05, 4.69) is 15.1 Å². The Labute approximate surface area is 152 Å². The van der Waals surface area contributed by atoms with E-state index in [-0.39, 0.29) is 11.8 Å². The lowest BCUT2D eigenvalue weighted by molar-refractivity contribution is 0.0690. The summed E-state index contributed by atoms with van der Waals surface area (Å²) in [6.45, 7) is 4.13. The molecule has 26 heavy (non-hydrogen) atoms. The van der Waals surface area contributed by atoms with Gasteiger partial charge in [0.05, 0.1) is 19.1 Å². The molecule has 0 bridgehead atoms. The van der Waals surface area contributed by atoms with Crippen LogP contribution in [0.1, 0.15) is 47.8 Å². The Hall–Kier alpha value is -2.48. The first-order valence-electron chi connectivity index (χ1n) is 8.91.